The summed E-state index contributed by atoms with van der Waals surface area (Å²) in [5.41, 5.74) is 2.71. The highest BCUT2D eigenvalue weighted by Crippen LogP contribution is 2.50. The molecule has 0 bridgehead atoms. The third-order valence-corrected chi connectivity index (χ3v) is 9.65. The summed E-state index contributed by atoms with van der Waals surface area (Å²) in [7, 11) is 0. The van der Waals surface area contributed by atoms with Gasteiger partial charge in [0, 0.05) is 29.3 Å². The van der Waals surface area contributed by atoms with Gasteiger partial charge in [0.1, 0.15) is 4.70 Å². The first kappa shape index (κ1) is 23.6. The first-order chi connectivity index (χ1) is 17.8. The fraction of sp³-hybridized carbons (Fsp3) is 0.281. The minimum absolute atomic E-state index is 0.967. The Labute approximate surface area is 222 Å². The minimum atomic E-state index is 0.967. The largest absolute Gasteiger partial charge is 0.335 e. The fourth-order valence-corrected chi connectivity index (χ4v) is 8.04. The van der Waals surface area contributed by atoms with Crippen molar-refractivity contribution in [3.05, 3.63) is 82.8 Å². The number of benzene rings is 4. The van der Waals surface area contributed by atoms with E-state index in [9.17, 15) is 0 Å². The zero-order valence-corrected chi connectivity index (χ0v) is 22.8. The Morgan fingerprint density at radius 2 is 1.50 bits per heavy atom. The number of hydrogen-bond donors (Lipinski definition) is 0. The van der Waals surface area contributed by atoms with Crippen molar-refractivity contribution in [3.63, 3.8) is 0 Å². The van der Waals surface area contributed by atoms with E-state index in [0.29, 0.717) is 0 Å². The van der Waals surface area contributed by atoms with Crippen LogP contribution in [0.25, 0.3) is 37.8 Å². The Balaban J connectivity index is 1.45. The van der Waals surface area contributed by atoms with Crippen molar-refractivity contribution in [1.82, 2.24) is 0 Å². The van der Waals surface area contributed by atoms with E-state index in [1.807, 2.05) is 23.1 Å². The number of nitrogens with zero attached hydrogens (tertiary/aromatic N) is 2. The molecule has 6 rings (SSSR count). The van der Waals surface area contributed by atoms with Crippen molar-refractivity contribution in [2.45, 2.75) is 57.4 Å². The molecule has 4 aromatic carbocycles. The van der Waals surface area contributed by atoms with Crippen LogP contribution in [-0.2, 0) is 6.54 Å². The van der Waals surface area contributed by atoms with E-state index in [2.05, 4.69) is 102 Å². The number of anilines is 1. The molecule has 0 N–H and O–H groups in total. The molecule has 0 aliphatic carbocycles. The van der Waals surface area contributed by atoms with Crippen molar-refractivity contribution in [3.8, 4) is 0 Å². The quantitative estimate of drug-likeness (QED) is 0.152. The number of aryl methyl sites for hydroxylation is 1. The number of hydrogen-bond acceptors (Lipinski definition) is 3. The van der Waals surface area contributed by atoms with Gasteiger partial charge in [-0.25, -0.2) is 0 Å². The second-order valence-corrected chi connectivity index (χ2v) is 11.7. The molecule has 0 spiro atoms. The predicted molar refractivity (Wildman–Crippen MR) is 159 cm³/mol. The van der Waals surface area contributed by atoms with Gasteiger partial charge >= 0.3 is 0 Å². The summed E-state index contributed by atoms with van der Waals surface area (Å²) in [5.74, 6) is 0. The van der Waals surface area contributed by atoms with Gasteiger partial charge in [-0.3, -0.25) is 0 Å². The number of fused-ring (bicyclic) bond motifs is 6. The Morgan fingerprint density at radius 1 is 0.778 bits per heavy atom. The van der Waals surface area contributed by atoms with Gasteiger partial charge in [0.05, 0.1) is 16.8 Å². The third-order valence-electron chi connectivity index (χ3n) is 7.29. The summed E-state index contributed by atoms with van der Waals surface area (Å²) < 4.78 is 3.99. The van der Waals surface area contributed by atoms with E-state index >= 15 is 0 Å². The molecule has 0 fully saturated rings. The Kier molecular flexibility index (Phi) is 6.73. The molecule has 1 aliphatic heterocycles. The average Bonchev–Trinajstić information content (AvgIpc) is 3.46. The van der Waals surface area contributed by atoms with Gasteiger partial charge in [0.2, 0.25) is 5.52 Å². The van der Waals surface area contributed by atoms with Gasteiger partial charge in [-0.05, 0) is 41.6 Å². The summed E-state index contributed by atoms with van der Waals surface area (Å²) in [6.45, 7) is 6.60. The van der Waals surface area contributed by atoms with Crippen LogP contribution in [0.4, 0.5) is 5.69 Å². The van der Waals surface area contributed by atoms with E-state index in [0.717, 1.165) is 13.1 Å². The minimum Gasteiger partial charge on any atom is -0.335 e. The first-order valence-corrected chi connectivity index (χ1v) is 14.9. The van der Waals surface area contributed by atoms with Gasteiger partial charge in [-0.1, -0.05) is 104 Å². The lowest BCUT2D eigenvalue weighted by Crippen LogP contribution is -2.35. The molecule has 5 aromatic rings. The number of unbranched alkanes of at least 4 members (excludes halogenated alkanes) is 4. The first-order valence-electron chi connectivity index (χ1n) is 13.3. The number of rotatable bonds is 8. The molecule has 2 nitrogen and oxygen atoms in total. The number of thioether (sulfide) groups is 1. The van der Waals surface area contributed by atoms with E-state index < -0.39 is 0 Å². The lowest BCUT2D eigenvalue weighted by atomic mass is 10.1. The van der Waals surface area contributed by atoms with Crippen molar-refractivity contribution < 1.29 is 4.57 Å². The second kappa shape index (κ2) is 10.3. The molecule has 4 heteroatoms. The van der Waals surface area contributed by atoms with Crippen LogP contribution in [0.15, 0.2) is 82.7 Å². The van der Waals surface area contributed by atoms with E-state index in [1.165, 1.54) is 84.5 Å². The lowest BCUT2D eigenvalue weighted by molar-refractivity contribution is -0.669. The van der Waals surface area contributed by atoms with Crippen LogP contribution in [0.3, 0.4) is 0 Å². The molecule has 0 atom stereocenters. The standard InChI is InChI=1S/C32H33N2S2/c1-3-5-6-7-12-21-34-28-20-18-24-14-9-11-16-26(24)32(28)36-30(34)22-29-33(4-2)27-19-17-23-13-8-10-15-25(23)31(27)35-29/h8-11,13-20,22H,3-7,12,21H2,1-2H3/q+1. The van der Waals surface area contributed by atoms with Crippen LogP contribution in [0.2, 0.25) is 0 Å². The molecule has 0 amide bonds. The number of aromatic nitrogens is 1. The Hall–Kier alpha value is -2.82. The maximum Gasteiger partial charge on any atom is 0.265 e. The number of thiazole rings is 1. The summed E-state index contributed by atoms with van der Waals surface area (Å²) in [6.07, 6.45) is 8.95. The summed E-state index contributed by atoms with van der Waals surface area (Å²) in [6, 6.07) is 26.8. The molecule has 0 saturated carbocycles. The molecular weight excluding hydrogens is 477 g/mol. The molecule has 0 unspecified atom stereocenters. The van der Waals surface area contributed by atoms with Gasteiger partial charge in [-0.15, -0.1) is 0 Å². The molecule has 36 heavy (non-hydrogen) atoms. The average molecular weight is 510 g/mol. The maximum absolute atomic E-state index is 2.58. The maximum atomic E-state index is 2.58. The van der Waals surface area contributed by atoms with Crippen LogP contribution in [0, 0.1) is 0 Å². The molecule has 0 saturated heterocycles. The van der Waals surface area contributed by atoms with Gasteiger partial charge in [0.15, 0.2) is 6.54 Å². The normalized spacial score (nSPS) is 14.5. The van der Waals surface area contributed by atoms with Crippen LogP contribution < -0.4 is 9.47 Å². The van der Waals surface area contributed by atoms with E-state index in [1.54, 1.807) is 0 Å². The van der Waals surface area contributed by atoms with Crippen LogP contribution in [-0.4, -0.2) is 6.54 Å². The molecule has 2 heterocycles. The van der Waals surface area contributed by atoms with Crippen molar-refractivity contribution in [2.75, 3.05) is 11.4 Å². The van der Waals surface area contributed by atoms with Gasteiger partial charge < -0.3 is 4.90 Å². The zero-order chi connectivity index (χ0) is 24.5. The SMILES string of the molecule is CCCCCCC[n+]1c(C=C2Sc3c(ccc4ccccc34)N2CC)sc2c3ccccc3ccc21. The van der Waals surface area contributed by atoms with Crippen LogP contribution >= 0.6 is 23.1 Å². The van der Waals surface area contributed by atoms with Gasteiger partial charge in [-0.2, -0.15) is 4.57 Å². The molecular formula is C32H33N2S2+. The highest BCUT2D eigenvalue weighted by molar-refractivity contribution is 8.04. The van der Waals surface area contributed by atoms with Crippen LogP contribution in [0.5, 0.6) is 0 Å². The molecule has 1 aromatic heterocycles. The van der Waals surface area contributed by atoms with Crippen molar-refractivity contribution >= 4 is 66.6 Å². The third kappa shape index (κ3) is 4.21. The van der Waals surface area contributed by atoms with Crippen LogP contribution in [0.1, 0.15) is 51.0 Å². The van der Waals surface area contributed by atoms with Crippen molar-refractivity contribution in [2.24, 2.45) is 0 Å². The second-order valence-electron chi connectivity index (χ2n) is 9.60. The highest BCUT2D eigenvalue weighted by Gasteiger charge is 2.28. The highest BCUT2D eigenvalue weighted by atomic mass is 32.2. The van der Waals surface area contributed by atoms with Gasteiger partial charge in [0.25, 0.3) is 5.01 Å². The summed E-state index contributed by atoms with van der Waals surface area (Å²) in [4.78, 5) is 3.87. The summed E-state index contributed by atoms with van der Waals surface area (Å²) in [5, 5.41) is 8.05. The fourth-order valence-electron chi connectivity index (χ4n) is 5.41. The van der Waals surface area contributed by atoms with E-state index in [4.69, 9.17) is 0 Å². The zero-order valence-electron chi connectivity index (χ0n) is 21.2. The molecule has 0 radical (unpaired) electrons. The monoisotopic (exact) mass is 509 g/mol. The molecule has 1 aliphatic rings. The van der Waals surface area contributed by atoms with E-state index in [-0.39, 0.29) is 0 Å². The Bertz CT molecular complexity index is 1580. The summed E-state index contributed by atoms with van der Waals surface area (Å²) >= 11 is 3.88. The Morgan fingerprint density at radius 3 is 2.31 bits per heavy atom. The topological polar surface area (TPSA) is 7.12 Å². The predicted octanol–water partition coefficient (Wildman–Crippen LogP) is 9.40. The molecule has 182 valence electrons. The smallest absolute Gasteiger partial charge is 0.265 e. The lowest BCUT2D eigenvalue weighted by Gasteiger charge is -2.17. The van der Waals surface area contributed by atoms with Crippen molar-refractivity contribution in [1.29, 1.82) is 0 Å².